The molecule has 2 saturated carbocycles. The van der Waals surface area contributed by atoms with E-state index in [0.717, 1.165) is 32.2 Å². The van der Waals surface area contributed by atoms with Gasteiger partial charge in [0.25, 0.3) is 11.8 Å². The van der Waals surface area contributed by atoms with Crippen molar-refractivity contribution in [1.82, 2.24) is 5.32 Å². The summed E-state index contributed by atoms with van der Waals surface area (Å²) in [5.41, 5.74) is 2.96. The van der Waals surface area contributed by atoms with Gasteiger partial charge in [-0.3, -0.25) is 19.2 Å². The van der Waals surface area contributed by atoms with Crippen molar-refractivity contribution in [2.45, 2.75) is 83.0 Å². The Morgan fingerprint density at radius 3 is 1.78 bits per heavy atom. The van der Waals surface area contributed by atoms with Crippen molar-refractivity contribution in [3.05, 3.63) is 105 Å². The van der Waals surface area contributed by atoms with Crippen molar-refractivity contribution in [3.63, 3.8) is 0 Å². The highest BCUT2D eigenvalue weighted by molar-refractivity contribution is 6.00. The van der Waals surface area contributed by atoms with Crippen molar-refractivity contribution in [2.75, 3.05) is 47.4 Å². The minimum Gasteiger partial charge on any atom is -0.466 e. The number of halogens is 8. The summed E-state index contributed by atoms with van der Waals surface area (Å²) in [6.45, 7) is 3.70. The second-order valence-electron chi connectivity index (χ2n) is 14.4. The zero-order chi connectivity index (χ0) is 50.8. The van der Waals surface area contributed by atoms with E-state index in [0.29, 0.717) is 19.3 Å². The second kappa shape index (κ2) is 25.9. The van der Waals surface area contributed by atoms with E-state index in [1.165, 1.54) is 38.3 Å². The van der Waals surface area contributed by atoms with Gasteiger partial charge in [0.05, 0.1) is 67.7 Å². The number of carbonyl (C=O) groups excluding carboxylic acids is 7. The number of esters is 5. The van der Waals surface area contributed by atoms with Gasteiger partial charge in [0.2, 0.25) is 0 Å². The summed E-state index contributed by atoms with van der Waals surface area (Å²) in [5, 5.41) is 2.57. The van der Waals surface area contributed by atoms with Crippen LogP contribution in [0.3, 0.4) is 0 Å². The second-order valence-corrected chi connectivity index (χ2v) is 14.4. The number of methoxy groups -OCH3 is 2. The number of ether oxygens (including phenoxy) is 5. The molecule has 1 heterocycles. The lowest BCUT2D eigenvalue weighted by Crippen LogP contribution is -2.36. The molecular formula is C45H50F8N2O12. The van der Waals surface area contributed by atoms with E-state index in [9.17, 15) is 68.7 Å². The summed E-state index contributed by atoms with van der Waals surface area (Å²) in [7, 11) is 2.22. The van der Waals surface area contributed by atoms with Gasteiger partial charge in [-0.2, -0.15) is 0 Å². The van der Waals surface area contributed by atoms with E-state index in [1.54, 1.807) is 13.8 Å². The maximum absolute atomic E-state index is 14.9. The zero-order valence-electron chi connectivity index (χ0n) is 37.2. The smallest absolute Gasteiger partial charge is 0.336 e. The van der Waals surface area contributed by atoms with Gasteiger partial charge in [-0.05, 0) is 31.5 Å². The average Bonchev–Trinajstić information content (AvgIpc) is 4.14. The van der Waals surface area contributed by atoms with Crippen LogP contribution < -0.4 is 11.1 Å². The largest absolute Gasteiger partial charge is 0.466 e. The zero-order valence-corrected chi connectivity index (χ0v) is 37.2. The van der Waals surface area contributed by atoms with Crippen LogP contribution in [0.1, 0.15) is 98.2 Å². The van der Waals surface area contributed by atoms with Crippen LogP contribution in [0.25, 0.3) is 0 Å². The fourth-order valence-electron chi connectivity index (χ4n) is 6.31. The Balaban J connectivity index is 0.000000378. The number of allylic oxidation sites excluding steroid dienone is 2. The molecule has 3 atom stereocenters. The first-order valence-electron chi connectivity index (χ1n) is 20.3. The van der Waals surface area contributed by atoms with Crippen molar-refractivity contribution in [3.8, 4) is 0 Å². The number of ketones is 1. The Morgan fingerprint density at radius 2 is 1.31 bits per heavy atom. The number of nitrogens with one attached hydrogen (secondary N) is 1. The number of hydrogen-bond donors (Lipinski definition) is 2. The Morgan fingerprint density at radius 1 is 0.776 bits per heavy atom. The molecule has 0 bridgehead atoms. The van der Waals surface area contributed by atoms with Gasteiger partial charge in [-0.1, -0.05) is 31.2 Å². The molecule has 0 aromatic heterocycles. The summed E-state index contributed by atoms with van der Waals surface area (Å²) >= 11 is 0. The van der Waals surface area contributed by atoms with Crippen LogP contribution in [0.5, 0.6) is 0 Å². The van der Waals surface area contributed by atoms with Crippen LogP contribution in [-0.4, -0.2) is 101 Å². The molecule has 5 rings (SSSR count). The van der Waals surface area contributed by atoms with Crippen molar-refractivity contribution in [1.29, 1.82) is 0 Å². The van der Waals surface area contributed by atoms with Crippen LogP contribution in [-0.2, 0) is 52.5 Å². The van der Waals surface area contributed by atoms with Crippen molar-refractivity contribution in [2.24, 2.45) is 5.73 Å². The van der Waals surface area contributed by atoms with E-state index in [-0.39, 0.29) is 64.6 Å². The summed E-state index contributed by atoms with van der Waals surface area (Å²) in [6.07, 6.45) is 0.642. The van der Waals surface area contributed by atoms with Crippen LogP contribution in [0.2, 0.25) is 0 Å². The quantitative estimate of drug-likeness (QED) is 0.0432. The van der Waals surface area contributed by atoms with Crippen molar-refractivity contribution < 1.29 is 92.4 Å². The predicted molar refractivity (Wildman–Crippen MR) is 221 cm³/mol. The topological polar surface area (TPSA) is 204 Å². The number of Topliss-reactive ketones (excluding diaryl/α,β-unsaturated/α-hetero) is 1. The molecule has 0 amide bonds. The summed E-state index contributed by atoms with van der Waals surface area (Å²) in [4.78, 5) is 79.1. The van der Waals surface area contributed by atoms with Crippen LogP contribution >= 0.6 is 0 Å². The number of nitrogens with two attached hydrogens (primary N) is 1. The number of dihydropyridines is 1. The van der Waals surface area contributed by atoms with Gasteiger partial charge in [-0.25, -0.2) is 49.5 Å². The van der Waals surface area contributed by atoms with E-state index in [1.807, 2.05) is 0 Å². The van der Waals surface area contributed by atoms with Crippen molar-refractivity contribution >= 4 is 41.9 Å². The number of hydrogen-bond acceptors (Lipinski definition) is 14. The average molecular weight is 963 g/mol. The normalized spacial score (nSPS) is 18.4. The summed E-state index contributed by atoms with van der Waals surface area (Å²) in [6, 6.07) is 7.28. The Kier molecular flexibility index (Phi) is 21.9. The highest BCUT2D eigenvalue weighted by Gasteiger charge is 2.60. The lowest BCUT2D eigenvalue weighted by molar-refractivity contribution is -0.146. The first kappa shape index (κ1) is 56.5. The molecule has 0 radical (unpaired) electrons. The van der Waals surface area contributed by atoms with Gasteiger partial charge in [-0.15, -0.1) is 0 Å². The Bertz CT molecular complexity index is 2250. The molecular weight excluding hydrogens is 912 g/mol. The fraction of sp³-hybridized carbons (Fsp3) is 0.444. The molecule has 3 aliphatic rings. The minimum atomic E-state index is -3.18. The molecule has 14 nitrogen and oxygen atoms in total. The molecule has 368 valence electrons. The number of benzene rings is 2. The van der Waals surface area contributed by atoms with Gasteiger partial charge < -0.3 is 34.7 Å². The summed E-state index contributed by atoms with van der Waals surface area (Å²) < 4.78 is 131. The summed E-state index contributed by atoms with van der Waals surface area (Å²) in [5.74, 6) is -15.8. The number of aldehydes is 1. The van der Waals surface area contributed by atoms with Gasteiger partial charge >= 0.3 is 29.8 Å². The number of alkyl halides is 6. The molecule has 3 N–H and O–H groups in total. The molecule has 2 aromatic rings. The first-order valence-corrected chi connectivity index (χ1v) is 20.3. The van der Waals surface area contributed by atoms with Crippen LogP contribution in [0, 0.1) is 11.6 Å². The standard InChI is InChI=1S/C23H23F4NO6.C10H7F3O.C7H12O3.C5H8FNO2/c1-4-33-22(31)20-16(10-34-11(2)29)28-15(9-24)19(21(30)32-3)18(20)12-6-5-7-14(25)17(12)13-8-23(13,26)27;11-8-3-1-2-6(5-14)9(8)7-4-10(7,12)13;1-3-6(8)5-7(9)10-4-2;1-9-5(8)2-4(7)3-6/h5-7,13,18,28H,4,8-10H2,1-3H3;1-3,5,7H,4H2;3-5H2,1-2H3;2H,3,7H2,1H3/b;;;4-2-. The number of rotatable bonds is 16. The third-order valence-electron chi connectivity index (χ3n) is 9.64. The Labute approximate surface area is 379 Å². The van der Waals surface area contributed by atoms with Gasteiger partial charge in [0.15, 0.2) is 0 Å². The Hall–Kier alpha value is -6.61. The first-order chi connectivity index (χ1) is 31.5. The third kappa shape index (κ3) is 16.1. The molecule has 2 aromatic carbocycles. The van der Waals surface area contributed by atoms with Crippen LogP contribution in [0.4, 0.5) is 35.1 Å². The molecule has 0 spiro atoms. The van der Waals surface area contributed by atoms with E-state index < -0.39 is 109 Å². The van der Waals surface area contributed by atoms with Crippen LogP contribution in [0.15, 0.2) is 70.7 Å². The SMILES string of the molecule is CCOC(=O)C1=C(COC(C)=O)NC(CF)=C(C(=O)OC)C1c1cccc(F)c1C1CC1(F)F.CCOC(=O)CC(=O)CC.COC(=O)/C=C(\N)CF.O=Cc1cccc(F)c1C1CC1(F)F. The highest BCUT2D eigenvalue weighted by Crippen LogP contribution is 2.59. The van der Waals surface area contributed by atoms with E-state index in [2.05, 4.69) is 14.8 Å². The maximum Gasteiger partial charge on any atom is 0.336 e. The lowest BCUT2D eigenvalue weighted by Gasteiger charge is -2.32. The molecule has 3 unspecified atom stereocenters. The lowest BCUT2D eigenvalue weighted by atomic mass is 9.77. The molecule has 0 saturated heterocycles. The highest BCUT2D eigenvalue weighted by atomic mass is 19.3. The monoisotopic (exact) mass is 962 g/mol. The van der Waals surface area contributed by atoms with Gasteiger partial charge in [0, 0.05) is 54.6 Å². The molecule has 1 aliphatic heterocycles. The number of carbonyl (C=O) groups is 7. The fourth-order valence-corrected chi connectivity index (χ4v) is 6.31. The third-order valence-corrected chi connectivity index (χ3v) is 9.64. The molecule has 2 aliphatic carbocycles. The predicted octanol–water partition coefficient (Wildman–Crippen LogP) is 7.06. The maximum atomic E-state index is 14.9. The van der Waals surface area contributed by atoms with E-state index >= 15 is 0 Å². The minimum absolute atomic E-state index is 0.0205. The molecule has 2 fully saturated rings. The van der Waals surface area contributed by atoms with Gasteiger partial charge in [0.1, 0.15) is 50.1 Å². The molecule has 67 heavy (non-hydrogen) atoms. The molecule has 22 heteroatoms. The van der Waals surface area contributed by atoms with E-state index in [4.69, 9.17) is 19.9 Å².